The molecule has 0 unspecified atom stereocenters. The zero-order valence-corrected chi connectivity index (χ0v) is 12.9. The van der Waals surface area contributed by atoms with E-state index in [0.717, 1.165) is 4.47 Å². The van der Waals surface area contributed by atoms with E-state index in [1.54, 1.807) is 42.5 Å². The quantitative estimate of drug-likeness (QED) is 0.745. The van der Waals surface area contributed by atoms with Gasteiger partial charge >= 0.3 is 0 Å². The predicted molar refractivity (Wildman–Crippen MR) is 87.3 cm³/mol. The van der Waals surface area contributed by atoms with Crippen LogP contribution >= 0.6 is 15.9 Å². The zero-order valence-electron chi connectivity index (χ0n) is 11.3. The molecule has 21 heavy (non-hydrogen) atoms. The number of nitrogen functional groups attached to an aromatic ring is 1. The average Bonchev–Trinajstić information content (AvgIpc) is 2.43. The number of nitrogens with two attached hydrogens (primary N) is 1. The molecule has 0 bridgehead atoms. The maximum atomic E-state index is 12.1. The van der Waals surface area contributed by atoms with Gasteiger partial charge in [-0.15, -0.1) is 0 Å². The summed E-state index contributed by atoms with van der Waals surface area (Å²) in [6, 6.07) is 11.8. The molecule has 4 N–H and O–H groups in total. The van der Waals surface area contributed by atoms with Crippen LogP contribution in [0.1, 0.15) is 17.3 Å². The molecule has 0 atom stereocenters. The van der Waals surface area contributed by atoms with Crippen LogP contribution in [-0.4, -0.2) is 11.8 Å². The van der Waals surface area contributed by atoms with Crippen LogP contribution in [0.3, 0.4) is 0 Å². The molecule has 0 aliphatic heterocycles. The summed E-state index contributed by atoms with van der Waals surface area (Å²) < 4.78 is 0.827. The van der Waals surface area contributed by atoms with Gasteiger partial charge in [-0.2, -0.15) is 0 Å². The average molecular weight is 348 g/mol. The first-order valence-corrected chi connectivity index (χ1v) is 6.99. The topological polar surface area (TPSA) is 84.2 Å². The Morgan fingerprint density at radius 1 is 1.05 bits per heavy atom. The smallest absolute Gasteiger partial charge is 0.255 e. The minimum atomic E-state index is -0.269. The number of anilines is 3. The molecule has 6 heteroatoms. The standard InChI is InChI=1S/C15H14BrN3O2/c1-9(20)18-12-5-2-10(3-6-12)15(21)19-14-8-11(16)4-7-13(14)17/h2-8H,17H2,1H3,(H,18,20)(H,19,21). The third-order valence-corrected chi connectivity index (χ3v) is 3.22. The monoisotopic (exact) mass is 347 g/mol. The molecule has 0 fully saturated rings. The van der Waals surface area contributed by atoms with Gasteiger partial charge in [0.2, 0.25) is 5.91 Å². The summed E-state index contributed by atoms with van der Waals surface area (Å²) in [6.45, 7) is 1.43. The third kappa shape index (κ3) is 4.06. The summed E-state index contributed by atoms with van der Waals surface area (Å²) in [5.41, 5.74) is 7.96. The van der Waals surface area contributed by atoms with Gasteiger partial charge in [0.1, 0.15) is 0 Å². The van der Waals surface area contributed by atoms with Gasteiger partial charge in [-0.25, -0.2) is 0 Å². The third-order valence-electron chi connectivity index (χ3n) is 2.73. The van der Waals surface area contributed by atoms with E-state index in [4.69, 9.17) is 5.73 Å². The van der Waals surface area contributed by atoms with Crippen LogP contribution in [0.4, 0.5) is 17.1 Å². The van der Waals surface area contributed by atoms with Crippen molar-refractivity contribution >= 4 is 44.8 Å². The molecule has 2 rings (SSSR count). The minimum Gasteiger partial charge on any atom is -0.397 e. The van der Waals surface area contributed by atoms with Crippen molar-refractivity contribution in [3.05, 3.63) is 52.5 Å². The van der Waals surface area contributed by atoms with E-state index in [9.17, 15) is 9.59 Å². The normalized spacial score (nSPS) is 10.0. The lowest BCUT2D eigenvalue weighted by molar-refractivity contribution is -0.114. The second-order valence-corrected chi connectivity index (χ2v) is 5.36. The molecule has 0 spiro atoms. The number of nitrogens with one attached hydrogen (secondary N) is 2. The van der Waals surface area contributed by atoms with Gasteiger partial charge in [0.25, 0.3) is 5.91 Å². The lowest BCUT2D eigenvalue weighted by Crippen LogP contribution is -2.13. The highest BCUT2D eigenvalue weighted by Gasteiger charge is 2.08. The van der Waals surface area contributed by atoms with Crippen molar-refractivity contribution in [3.63, 3.8) is 0 Å². The fourth-order valence-electron chi connectivity index (χ4n) is 1.74. The van der Waals surface area contributed by atoms with E-state index in [1.165, 1.54) is 6.92 Å². The maximum Gasteiger partial charge on any atom is 0.255 e. The van der Waals surface area contributed by atoms with E-state index in [2.05, 4.69) is 26.6 Å². The number of carbonyl (C=O) groups excluding carboxylic acids is 2. The number of hydrogen-bond acceptors (Lipinski definition) is 3. The van der Waals surface area contributed by atoms with Crippen LogP contribution in [0.2, 0.25) is 0 Å². The fourth-order valence-corrected chi connectivity index (χ4v) is 2.10. The Labute approximate surface area is 130 Å². The van der Waals surface area contributed by atoms with Crippen molar-refractivity contribution in [2.75, 3.05) is 16.4 Å². The highest BCUT2D eigenvalue weighted by atomic mass is 79.9. The molecule has 2 aromatic rings. The summed E-state index contributed by atoms with van der Waals surface area (Å²) in [5.74, 6) is -0.428. The molecule has 2 aromatic carbocycles. The summed E-state index contributed by atoms with van der Waals surface area (Å²) in [4.78, 5) is 23.1. The molecule has 0 aliphatic carbocycles. The molecular weight excluding hydrogens is 334 g/mol. The van der Waals surface area contributed by atoms with Crippen LogP contribution in [-0.2, 0) is 4.79 Å². The van der Waals surface area contributed by atoms with Crippen molar-refractivity contribution in [3.8, 4) is 0 Å². The second kappa shape index (κ2) is 6.41. The Kier molecular flexibility index (Phi) is 4.59. The van der Waals surface area contributed by atoms with Crippen molar-refractivity contribution in [1.29, 1.82) is 0 Å². The van der Waals surface area contributed by atoms with Gasteiger partial charge in [-0.3, -0.25) is 9.59 Å². The van der Waals surface area contributed by atoms with Crippen molar-refractivity contribution in [2.24, 2.45) is 0 Å². The van der Waals surface area contributed by atoms with E-state index in [1.807, 2.05) is 0 Å². The van der Waals surface area contributed by atoms with Crippen LogP contribution in [0.5, 0.6) is 0 Å². The van der Waals surface area contributed by atoms with Gasteiger partial charge in [-0.1, -0.05) is 15.9 Å². The summed E-state index contributed by atoms with van der Waals surface area (Å²) in [6.07, 6.45) is 0. The number of carbonyl (C=O) groups is 2. The predicted octanol–water partition coefficient (Wildman–Crippen LogP) is 3.24. The molecule has 0 aromatic heterocycles. The van der Waals surface area contributed by atoms with Gasteiger partial charge in [0.05, 0.1) is 11.4 Å². The highest BCUT2D eigenvalue weighted by molar-refractivity contribution is 9.10. The molecule has 2 amide bonds. The first-order chi connectivity index (χ1) is 9.95. The molecular formula is C15H14BrN3O2. The lowest BCUT2D eigenvalue weighted by Gasteiger charge is -2.09. The van der Waals surface area contributed by atoms with Crippen LogP contribution in [0.25, 0.3) is 0 Å². The number of amides is 2. The Morgan fingerprint density at radius 3 is 2.33 bits per heavy atom. The van der Waals surface area contributed by atoms with Gasteiger partial charge < -0.3 is 16.4 Å². The van der Waals surface area contributed by atoms with E-state index in [-0.39, 0.29) is 11.8 Å². The summed E-state index contributed by atoms with van der Waals surface area (Å²) in [7, 11) is 0. The number of benzene rings is 2. The minimum absolute atomic E-state index is 0.158. The van der Waals surface area contributed by atoms with Crippen LogP contribution < -0.4 is 16.4 Å². The Hall–Kier alpha value is -2.34. The molecule has 0 heterocycles. The molecule has 0 radical (unpaired) electrons. The molecule has 0 saturated heterocycles. The van der Waals surface area contributed by atoms with Gasteiger partial charge in [-0.05, 0) is 42.5 Å². The fraction of sp³-hybridized carbons (Fsp3) is 0.0667. The Bertz CT molecular complexity index is 684. The van der Waals surface area contributed by atoms with Crippen molar-refractivity contribution in [2.45, 2.75) is 6.92 Å². The maximum absolute atomic E-state index is 12.1. The lowest BCUT2D eigenvalue weighted by atomic mass is 10.2. The van der Waals surface area contributed by atoms with Crippen LogP contribution in [0, 0.1) is 0 Å². The first kappa shape index (κ1) is 15.1. The molecule has 5 nitrogen and oxygen atoms in total. The van der Waals surface area contributed by atoms with Crippen molar-refractivity contribution in [1.82, 2.24) is 0 Å². The van der Waals surface area contributed by atoms with Gasteiger partial charge in [0.15, 0.2) is 0 Å². The Balaban J connectivity index is 2.13. The zero-order chi connectivity index (χ0) is 15.4. The molecule has 0 aliphatic rings. The summed E-state index contributed by atoms with van der Waals surface area (Å²) >= 11 is 3.33. The molecule has 0 saturated carbocycles. The van der Waals surface area contributed by atoms with Gasteiger partial charge in [0, 0.05) is 22.6 Å². The number of rotatable bonds is 3. The Morgan fingerprint density at radius 2 is 1.71 bits per heavy atom. The molecule has 108 valence electrons. The largest absolute Gasteiger partial charge is 0.397 e. The first-order valence-electron chi connectivity index (χ1n) is 6.20. The van der Waals surface area contributed by atoms with E-state index in [0.29, 0.717) is 22.6 Å². The summed E-state index contributed by atoms with van der Waals surface area (Å²) in [5, 5.41) is 5.39. The SMILES string of the molecule is CC(=O)Nc1ccc(C(=O)Nc2cc(Br)ccc2N)cc1. The second-order valence-electron chi connectivity index (χ2n) is 4.44. The number of hydrogen-bond donors (Lipinski definition) is 3. The highest BCUT2D eigenvalue weighted by Crippen LogP contribution is 2.24. The van der Waals surface area contributed by atoms with Crippen molar-refractivity contribution < 1.29 is 9.59 Å². The van der Waals surface area contributed by atoms with E-state index < -0.39 is 0 Å². The van der Waals surface area contributed by atoms with Crippen LogP contribution in [0.15, 0.2) is 46.9 Å². The van der Waals surface area contributed by atoms with E-state index >= 15 is 0 Å². The number of halogens is 1.